The Morgan fingerprint density at radius 1 is 1.38 bits per heavy atom. The Kier molecular flexibility index (Phi) is 2.45. The van der Waals surface area contributed by atoms with E-state index in [0.29, 0.717) is 5.69 Å². The van der Waals surface area contributed by atoms with Crippen LogP contribution in [0.1, 0.15) is 17.0 Å². The summed E-state index contributed by atoms with van der Waals surface area (Å²) in [5.74, 6) is -0.521. The van der Waals surface area contributed by atoms with Crippen LogP contribution in [0, 0.1) is 31.0 Å². The van der Waals surface area contributed by atoms with Crippen molar-refractivity contribution in [3.05, 3.63) is 47.0 Å². The first-order chi connectivity index (χ1) is 7.63. The highest BCUT2D eigenvalue weighted by Crippen LogP contribution is 2.18. The molecule has 0 amide bonds. The predicted octanol–water partition coefficient (Wildman–Crippen LogP) is 2.50. The van der Waals surface area contributed by atoms with Crippen molar-refractivity contribution in [1.82, 2.24) is 9.78 Å². The van der Waals surface area contributed by atoms with Gasteiger partial charge in [0.15, 0.2) is 0 Å². The third-order valence-corrected chi connectivity index (χ3v) is 2.34. The van der Waals surface area contributed by atoms with E-state index in [1.54, 1.807) is 16.8 Å². The minimum absolute atomic E-state index is 0.0219. The van der Waals surface area contributed by atoms with Gasteiger partial charge in [-0.1, -0.05) is 6.07 Å². The lowest BCUT2D eigenvalue weighted by Crippen LogP contribution is -2.03. The molecule has 0 radical (unpaired) electrons. The molecule has 1 aromatic heterocycles. The third-order valence-electron chi connectivity index (χ3n) is 2.34. The third kappa shape index (κ3) is 1.57. The van der Waals surface area contributed by atoms with Gasteiger partial charge in [-0.05, 0) is 32.0 Å². The number of aromatic nitrogens is 2. The number of nitriles is 1. The van der Waals surface area contributed by atoms with Crippen LogP contribution in [0.15, 0.2) is 24.3 Å². The zero-order valence-corrected chi connectivity index (χ0v) is 9.03. The van der Waals surface area contributed by atoms with Gasteiger partial charge in [-0.2, -0.15) is 10.4 Å². The second-order valence-corrected chi connectivity index (χ2v) is 3.58. The second-order valence-electron chi connectivity index (χ2n) is 3.58. The zero-order valence-electron chi connectivity index (χ0n) is 9.03. The van der Waals surface area contributed by atoms with Gasteiger partial charge in [0.05, 0.1) is 11.4 Å². The van der Waals surface area contributed by atoms with Crippen molar-refractivity contribution < 1.29 is 4.39 Å². The maximum atomic E-state index is 13.4. The first-order valence-corrected chi connectivity index (χ1v) is 4.85. The van der Waals surface area contributed by atoms with Gasteiger partial charge in [-0.25, -0.2) is 9.07 Å². The number of aryl methyl sites for hydroxylation is 2. The van der Waals surface area contributed by atoms with Crippen molar-refractivity contribution in [2.75, 3.05) is 0 Å². The molecule has 0 saturated carbocycles. The van der Waals surface area contributed by atoms with Crippen molar-refractivity contribution in [2.24, 2.45) is 0 Å². The van der Waals surface area contributed by atoms with Gasteiger partial charge in [0.2, 0.25) is 0 Å². The molecule has 0 aliphatic rings. The first kappa shape index (κ1) is 10.4. The van der Waals surface area contributed by atoms with E-state index in [4.69, 9.17) is 5.26 Å². The fraction of sp³-hybridized carbons (Fsp3) is 0.167. The smallest absolute Gasteiger partial charge is 0.143 e. The fourth-order valence-electron chi connectivity index (χ4n) is 1.67. The molecule has 1 heterocycles. The quantitative estimate of drug-likeness (QED) is 0.733. The summed E-state index contributed by atoms with van der Waals surface area (Å²) in [5, 5.41) is 13.2. The van der Waals surface area contributed by atoms with E-state index in [0.717, 1.165) is 11.4 Å². The number of hydrogen-bond acceptors (Lipinski definition) is 2. The van der Waals surface area contributed by atoms with Gasteiger partial charge >= 0.3 is 0 Å². The number of hydrogen-bond donors (Lipinski definition) is 0. The molecule has 0 aliphatic heterocycles. The predicted molar refractivity (Wildman–Crippen MR) is 57.7 cm³/mol. The van der Waals surface area contributed by atoms with Gasteiger partial charge < -0.3 is 0 Å². The number of nitrogens with zero attached hydrogens (tertiary/aromatic N) is 3. The number of benzene rings is 1. The Balaban J connectivity index is 2.70. The van der Waals surface area contributed by atoms with E-state index in [-0.39, 0.29) is 5.56 Å². The second kappa shape index (κ2) is 3.78. The number of halogens is 1. The molecule has 0 saturated heterocycles. The summed E-state index contributed by atoms with van der Waals surface area (Å²) in [6, 6.07) is 8.27. The monoisotopic (exact) mass is 215 g/mol. The molecule has 0 unspecified atom stereocenters. The van der Waals surface area contributed by atoms with Crippen molar-refractivity contribution in [1.29, 1.82) is 5.26 Å². The fourth-order valence-corrected chi connectivity index (χ4v) is 1.67. The SMILES string of the molecule is Cc1cc(C)n(-c2cccc(F)c2C#N)n1. The molecule has 1 aromatic carbocycles. The van der Waals surface area contributed by atoms with Crippen LogP contribution in [0.5, 0.6) is 0 Å². The van der Waals surface area contributed by atoms with Crippen LogP contribution < -0.4 is 0 Å². The standard InChI is InChI=1S/C12H10FN3/c1-8-6-9(2)16(15-8)12-5-3-4-11(13)10(12)7-14/h3-6H,1-2H3. The van der Waals surface area contributed by atoms with E-state index in [9.17, 15) is 4.39 Å². The average molecular weight is 215 g/mol. The zero-order chi connectivity index (χ0) is 11.7. The summed E-state index contributed by atoms with van der Waals surface area (Å²) >= 11 is 0. The van der Waals surface area contributed by atoms with Crippen LogP contribution in [0.2, 0.25) is 0 Å². The maximum Gasteiger partial charge on any atom is 0.143 e. The van der Waals surface area contributed by atoms with Crippen LogP contribution >= 0.6 is 0 Å². The summed E-state index contributed by atoms with van der Waals surface area (Å²) < 4.78 is 15.0. The molecule has 4 heteroatoms. The molecule has 0 atom stereocenters. The van der Waals surface area contributed by atoms with Crippen LogP contribution in [0.4, 0.5) is 4.39 Å². The Morgan fingerprint density at radius 3 is 2.69 bits per heavy atom. The Hall–Kier alpha value is -2.15. The van der Waals surface area contributed by atoms with Crippen molar-refractivity contribution in [3.63, 3.8) is 0 Å². The molecule has 0 spiro atoms. The lowest BCUT2D eigenvalue weighted by Gasteiger charge is -2.06. The largest absolute Gasteiger partial charge is 0.236 e. The van der Waals surface area contributed by atoms with E-state index in [1.165, 1.54) is 6.07 Å². The van der Waals surface area contributed by atoms with Gasteiger partial charge in [-0.15, -0.1) is 0 Å². The van der Waals surface area contributed by atoms with Crippen molar-refractivity contribution in [2.45, 2.75) is 13.8 Å². The first-order valence-electron chi connectivity index (χ1n) is 4.85. The van der Waals surface area contributed by atoms with Gasteiger partial charge in [0.25, 0.3) is 0 Å². The highest BCUT2D eigenvalue weighted by atomic mass is 19.1. The summed E-state index contributed by atoms with van der Waals surface area (Å²) in [7, 11) is 0. The average Bonchev–Trinajstić information content (AvgIpc) is 2.57. The molecule has 2 aromatic rings. The van der Waals surface area contributed by atoms with Crippen LogP contribution in [0.3, 0.4) is 0 Å². The highest BCUT2D eigenvalue weighted by molar-refractivity contribution is 5.49. The molecular formula is C12H10FN3. The Bertz CT molecular complexity index is 578. The molecule has 0 fully saturated rings. The normalized spacial score (nSPS) is 10.1. The maximum absolute atomic E-state index is 13.4. The van der Waals surface area contributed by atoms with Crippen LogP contribution in [-0.2, 0) is 0 Å². The van der Waals surface area contributed by atoms with Gasteiger partial charge in [0, 0.05) is 5.69 Å². The molecular weight excluding hydrogens is 205 g/mol. The number of rotatable bonds is 1. The van der Waals surface area contributed by atoms with Crippen LogP contribution in [0.25, 0.3) is 5.69 Å². The molecule has 0 N–H and O–H groups in total. The Morgan fingerprint density at radius 2 is 2.12 bits per heavy atom. The molecule has 2 rings (SSSR count). The summed E-state index contributed by atoms with van der Waals surface area (Å²) in [6.45, 7) is 3.72. The van der Waals surface area contributed by atoms with Crippen molar-refractivity contribution >= 4 is 0 Å². The van der Waals surface area contributed by atoms with Crippen molar-refractivity contribution in [3.8, 4) is 11.8 Å². The highest BCUT2D eigenvalue weighted by Gasteiger charge is 2.12. The molecule has 0 bridgehead atoms. The van der Waals surface area contributed by atoms with Crippen LogP contribution in [-0.4, -0.2) is 9.78 Å². The topological polar surface area (TPSA) is 41.6 Å². The lowest BCUT2D eigenvalue weighted by atomic mass is 10.2. The van der Waals surface area contributed by atoms with E-state index in [1.807, 2.05) is 26.0 Å². The van der Waals surface area contributed by atoms with E-state index < -0.39 is 5.82 Å². The summed E-state index contributed by atoms with van der Waals surface area (Å²) in [4.78, 5) is 0. The molecule has 16 heavy (non-hydrogen) atoms. The van der Waals surface area contributed by atoms with E-state index >= 15 is 0 Å². The molecule has 80 valence electrons. The van der Waals surface area contributed by atoms with E-state index in [2.05, 4.69) is 5.10 Å². The molecule has 0 aliphatic carbocycles. The minimum Gasteiger partial charge on any atom is -0.236 e. The molecule has 3 nitrogen and oxygen atoms in total. The summed E-state index contributed by atoms with van der Waals surface area (Å²) in [5.41, 5.74) is 2.21. The minimum atomic E-state index is -0.521. The summed E-state index contributed by atoms with van der Waals surface area (Å²) in [6.07, 6.45) is 0. The van der Waals surface area contributed by atoms with Gasteiger partial charge in [-0.3, -0.25) is 0 Å². The lowest BCUT2D eigenvalue weighted by molar-refractivity contribution is 0.620. The van der Waals surface area contributed by atoms with Gasteiger partial charge in [0.1, 0.15) is 17.4 Å². The Labute approximate surface area is 92.7 Å².